The fourth-order valence-corrected chi connectivity index (χ4v) is 3.00. The number of carbonyl (C=O) groups is 1. The Bertz CT molecular complexity index is 732. The van der Waals surface area contributed by atoms with Crippen molar-refractivity contribution in [2.24, 2.45) is 5.92 Å². The molecule has 1 saturated carbocycles. The van der Waals surface area contributed by atoms with Gasteiger partial charge in [-0.25, -0.2) is 0 Å². The van der Waals surface area contributed by atoms with Crippen LogP contribution in [0.15, 0.2) is 42.5 Å². The highest BCUT2D eigenvalue weighted by Crippen LogP contribution is 2.48. The Morgan fingerprint density at radius 1 is 1.35 bits per heavy atom. The Balaban J connectivity index is 1.67. The van der Waals surface area contributed by atoms with Gasteiger partial charge in [-0.3, -0.25) is 4.79 Å². The largest absolute Gasteiger partial charge is 0.496 e. The molecule has 5 heteroatoms. The summed E-state index contributed by atoms with van der Waals surface area (Å²) < 4.78 is 5.16. The fraction of sp³-hybridized carbons (Fsp3) is 0.278. The Labute approximate surface area is 140 Å². The van der Waals surface area contributed by atoms with Crippen molar-refractivity contribution in [3.8, 4) is 5.75 Å². The summed E-state index contributed by atoms with van der Waals surface area (Å²) in [4.78, 5) is 12.4. The Kier molecular flexibility index (Phi) is 4.55. The second-order valence-corrected chi connectivity index (χ2v) is 6.11. The van der Waals surface area contributed by atoms with Gasteiger partial charge in [0.1, 0.15) is 5.75 Å². The van der Waals surface area contributed by atoms with Crippen molar-refractivity contribution in [1.82, 2.24) is 0 Å². The van der Waals surface area contributed by atoms with Gasteiger partial charge in [0, 0.05) is 22.2 Å². The van der Waals surface area contributed by atoms with Crippen LogP contribution in [-0.2, 0) is 11.4 Å². The van der Waals surface area contributed by atoms with Crippen LogP contribution in [0.3, 0.4) is 0 Å². The van der Waals surface area contributed by atoms with Crippen molar-refractivity contribution in [3.05, 3.63) is 58.6 Å². The van der Waals surface area contributed by atoms with Gasteiger partial charge in [-0.15, -0.1) is 0 Å². The van der Waals surface area contributed by atoms with E-state index in [4.69, 9.17) is 16.3 Å². The van der Waals surface area contributed by atoms with Crippen LogP contribution in [0.25, 0.3) is 0 Å². The lowest BCUT2D eigenvalue weighted by molar-refractivity contribution is -0.117. The topological polar surface area (TPSA) is 58.6 Å². The van der Waals surface area contributed by atoms with E-state index >= 15 is 0 Å². The summed E-state index contributed by atoms with van der Waals surface area (Å²) in [5.41, 5.74) is 2.41. The van der Waals surface area contributed by atoms with Gasteiger partial charge >= 0.3 is 0 Å². The number of ether oxygens (including phenoxy) is 1. The molecule has 3 rings (SSSR count). The number of aliphatic hydroxyl groups excluding tert-OH is 1. The summed E-state index contributed by atoms with van der Waals surface area (Å²) in [7, 11) is 1.55. The summed E-state index contributed by atoms with van der Waals surface area (Å²) >= 11 is 6.00. The van der Waals surface area contributed by atoms with E-state index in [-0.39, 0.29) is 24.3 Å². The second-order valence-electron chi connectivity index (χ2n) is 5.68. The molecule has 0 radical (unpaired) electrons. The number of nitrogens with one attached hydrogen (secondary N) is 1. The highest BCUT2D eigenvalue weighted by Gasteiger charge is 2.43. The number of methoxy groups -OCH3 is 1. The number of rotatable bonds is 5. The molecule has 1 aliphatic rings. The predicted octanol–water partition coefficient (Wildman–Crippen LogP) is 3.58. The minimum absolute atomic E-state index is 0.0102. The third kappa shape index (κ3) is 3.49. The van der Waals surface area contributed by atoms with Crippen LogP contribution in [0.5, 0.6) is 5.75 Å². The lowest BCUT2D eigenvalue weighted by Gasteiger charge is -2.10. The first-order chi connectivity index (χ1) is 11.1. The van der Waals surface area contributed by atoms with E-state index in [1.54, 1.807) is 25.3 Å². The third-order valence-electron chi connectivity index (χ3n) is 4.12. The average molecular weight is 332 g/mol. The SMILES string of the molecule is COc1ccc(NC(=O)C2CC2c2cccc(Cl)c2)cc1CO. The average Bonchev–Trinajstić information content (AvgIpc) is 3.35. The molecule has 4 nitrogen and oxygen atoms in total. The van der Waals surface area contributed by atoms with Gasteiger partial charge in [-0.2, -0.15) is 0 Å². The molecule has 2 atom stereocenters. The van der Waals surface area contributed by atoms with Crippen LogP contribution in [0.4, 0.5) is 5.69 Å². The van der Waals surface area contributed by atoms with Gasteiger partial charge in [-0.05, 0) is 48.2 Å². The van der Waals surface area contributed by atoms with Crippen molar-refractivity contribution in [2.75, 3.05) is 12.4 Å². The highest BCUT2D eigenvalue weighted by atomic mass is 35.5. The molecule has 1 fully saturated rings. The van der Waals surface area contributed by atoms with Crippen molar-refractivity contribution < 1.29 is 14.6 Å². The van der Waals surface area contributed by atoms with E-state index in [2.05, 4.69) is 5.32 Å². The van der Waals surface area contributed by atoms with Gasteiger partial charge in [-0.1, -0.05) is 23.7 Å². The minimum atomic E-state index is -0.137. The van der Waals surface area contributed by atoms with Gasteiger partial charge in [0.15, 0.2) is 0 Å². The first-order valence-corrected chi connectivity index (χ1v) is 7.84. The number of hydrogen-bond acceptors (Lipinski definition) is 3. The van der Waals surface area contributed by atoms with E-state index in [0.717, 1.165) is 12.0 Å². The molecule has 0 heterocycles. The van der Waals surface area contributed by atoms with Crippen LogP contribution < -0.4 is 10.1 Å². The molecule has 2 aromatic rings. The van der Waals surface area contributed by atoms with Gasteiger partial charge < -0.3 is 15.2 Å². The van der Waals surface area contributed by atoms with Crippen molar-refractivity contribution in [1.29, 1.82) is 0 Å². The van der Waals surface area contributed by atoms with Crippen LogP contribution in [0, 0.1) is 5.92 Å². The molecular formula is C18H18ClNO3. The monoisotopic (exact) mass is 331 g/mol. The van der Waals surface area contributed by atoms with E-state index < -0.39 is 0 Å². The molecule has 2 unspecified atom stereocenters. The summed E-state index contributed by atoms with van der Waals surface area (Å²) in [5.74, 6) is 0.787. The molecule has 0 saturated heterocycles. The molecule has 0 aliphatic heterocycles. The molecule has 23 heavy (non-hydrogen) atoms. The maximum absolute atomic E-state index is 12.4. The number of amides is 1. The Morgan fingerprint density at radius 2 is 2.17 bits per heavy atom. The van der Waals surface area contributed by atoms with Crippen LogP contribution >= 0.6 is 11.6 Å². The smallest absolute Gasteiger partial charge is 0.228 e. The zero-order valence-electron chi connectivity index (χ0n) is 12.8. The Morgan fingerprint density at radius 3 is 2.87 bits per heavy atom. The first-order valence-electron chi connectivity index (χ1n) is 7.46. The number of halogens is 1. The molecule has 0 aromatic heterocycles. The van der Waals surface area contributed by atoms with Crippen LogP contribution in [-0.4, -0.2) is 18.1 Å². The fourth-order valence-electron chi connectivity index (χ4n) is 2.81. The molecular weight excluding hydrogens is 314 g/mol. The normalized spacial score (nSPS) is 19.3. The lowest BCUT2D eigenvalue weighted by atomic mass is 10.1. The third-order valence-corrected chi connectivity index (χ3v) is 4.36. The second kappa shape index (κ2) is 6.60. The number of aliphatic hydroxyl groups is 1. The number of benzene rings is 2. The maximum Gasteiger partial charge on any atom is 0.228 e. The molecule has 120 valence electrons. The maximum atomic E-state index is 12.4. The van der Waals surface area contributed by atoms with Crippen LogP contribution in [0.2, 0.25) is 5.02 Å². The number of carbonyl (C=O) groups excluding carboxylic acids is 1. The number of hydrogen-bond donors (Lipinski definition) is 2. The summed E-state index contributed by atoms with van der Waals surface area (Å²) in [5, 5.41) is 12.9. The van der Waals surface area contributed by atoms with E-state index in [1.807, 2.05) is 24.3 Å². The summed E-state index contributed by atoms with van der Waals surface area (Å²) in [6, 6.07) is 12.9. The zero-order chi connectivity index (χ0) is 16.4. The quantitative estimate of drug-likeness (QED) is 0.880. The van der Waals surface area contributed by atoms with Crippen molar-refractivity contribution >= 4 is 23.2 Å². The van der Waals surface area contributed by atoms with Gasteiger partial charge in [0.2, 0.25) is 5.91 Å². The van der Waals surface area contributed by atoms with Gasteiger partial charge in [0.25, 0.3) is 0 Å². The minimum Gasteiger partial charge on any atom is -0.496 e. The van der Waals surface area contributed by atoms with Crippen molar-refractivity contribution in [2.45, 2.75) is 18.9 Å². The van der Waals surface area contributed by atoms with Gasteiger partial charge in [0.05, 0.1) is 13.7 Å². The lowest BCUT2D eigenvalue weighted by Crippen LogP contribution is -2.14. The highest BCUT2D eigenvalue weighted by molar-refractivity contribution is 6.30. The molecule has 2 aromatic carbocycles. The van der Waals surface area contributed by atoms with Crippen LogP contribution in [0.1, 0.15) is 23.5 Å². The summed E-state index contributed by atoms with van der Waals surface area (Å²) in [6.07, 6.45) is 0.829. The Hall–Kier alpha value is -2.04. The molecule has 2 N–H and O–H groups in total. The standard InChI is InChI=1S/C18H18ClNO3/c1-23-17-6-5-14(8-12(17)10-21)20-18(22)16-9-15(16)11-3-2-4-13(19)7-11/h2-8,15-16,21H,9-10H2,1H3,(H,20,22). The van der Waals surface area contributed by atoms with E-state index in [0.29, 0.717) is 22.0 Å². The molecule has 1 amide bonds. The molecule has 1 aliphatic carbocycles. The first kappa shape index (κ1) is 15.8. The van der Waals surface area contributed by atoms with E-state index in [9.17, 15) is 9.90 Å². The van der Waals surface area contributed by atoms with Crippen molar-refractivity contribution in [3.63, 3.8) is 0 Å². The molecule has 0 bridgehead atoms. The number of anilines is 1. The zero-order valence-corrected chi connectivity index (χ0v) is 13.5. The van der Waals surface area contributed by atoms with E-state index in [1.165, 1.54) is 0 Å². The predicted molar refractivity (Wildman–Crippen MR) is 89.8 cm³/mol. The summed E-state index contributed by atoms with van der Waals surface area (Å²) in [6.45, 7) is -0.137. The molecule has 0 spiro atoms.